The van der Waals surface area contributed by atoms with E-state index in [2.05, 4.69) is 41.4 Å². The first-order valence-corrected chi connectivity index (χ1v) is 7.92. The van der Waals surface area contributed by atoms with Crippen LogP contribution in [0, 0.1) is 5.41 Å². The average molecular weight is 330 g/mol. The smallest absolute Gasteiger partial charge is 0.319 e. The van der Waals surface area contributed by atoms with E-state index in [1.807, 2.05) is 41.9 Å². The lowest BCUT2D eigenvalue weighted by atomic mass is 9.86. The number of urea groups is 1. The van der Waals surface area contributed by atoms with E-state index in [0.717, 1.165) is 5.82 Å². The summed E-state index contributed by atoms with van der Waals surface area (Å²) in [5.74, 6) is 0.841. The Morgan fingerprint density at radius 3 is 2.58 bits per heavy atom. The van der Waals surface area contributed by atoms with Crippen LogP contribution in [0.5, 0.6) is 0 Å². The van der Waals surface area contributed by atoms with Gasteiger partial charge in [-0.25, -0.2) is 14.8 Å². The van der Waals surface area contributed by atoms with Crippen LogP contribution in [0.3, 0.4) is 0 Å². The van der Waals surface area contributed by atoms with Crippen molar-refractivity contribution in [2.45, 2.75) is 33.4 Å². The standard InChI is InChI=1S/C17H26N6O/c1-17(2,3)14(11-23-9-8-18-12-23)21-16(24)20-13-6-7-15(19-10-13)22(4)5/h6-10,12,14H,11H2,1-5H3,(H2,20,21,24)/t14-/m1/s1. The Bertz CT molecular complexity index is 643. The van der Waals surface area contributed by atoms with Crippen molar-refractivity contribution in [2.24, 2.45) is 5.41 Å². The van der Waals surface area contributed by atoms with E-state index < -0.39 is 0 Å². The van der Waals surface area contributed by atoms with Crippen LogP contribution in [0.4, 0.5) is 16.3 Å². The summed E-state index contributed by atoms with van der Waals surface area (Å²) < 4.78 is 1.96. The Kier molecular flexibility index (Phi) is 5.43. The first-order valence-electron chi connectivity index (χ1n) is 7.92. The summed E-state index contributed by atoms with van der Waals surface area (Å²) in [6.45, 7) is 6.96. The van der Waals surface area contributed by atoms with Crippen LogP contribution in [-0.4, -0.2) is 40.7 Å². The van der Waals surface area contributed by atoms with E-state index in [4.69, 9.17) is 0 Å². The molecule has 0 aromatic carbocycles. The largest absolute Gasteiger partial charge is 0.363 e. The maximum atomic E-state index is 12.3. The average Bonchev–Trinajstić information content (AvgIpc) is 2.99. The van der Waals surface area contributed by atoms with Crippen molar-refractivity contribution >= 4 is 17.5 Å². The van der Waals surface area contributed by atoms with E-state index >= 15 is 0 Å². The molecule has 2 rings (SSSR count). The van der Waals surface area contributed by atoms with Gasteiger partial charge in [-0.2, -0.15) is 0 Å². The molecule has 0 spiro atoms. The number of rotatable bonds is 5. The molecule has 1 atom stereocenters. The number of hydrogen-bond donors (Lipinski definition) is 2. The van der Waals surface area contributed by atoms with E-state index in [1.165, 1.54) is 0 Å². The molecule has 0 bridgehead atoms. The summed E-state index contributed by atoms with van der Waals surface area (Å²) in [6.07, 6.45) is 7.03. The fourth-order valence-corrected chi connectivity index (χ4v) is 2.19. The molecule has 0 aliphatic heterocycles. The third-order valence-electron chi connectivity index (χ3n) is 3.77. The fraction of sp³-hybridized carbons (Fsp3) is 0.471. The zero-order valence-corrected chi connectivity index (χ0v) is 14.9. The maximum Gasteiger partial charge on any atom is 0.319 e. The zero-order chi connectivity index (χ0) is 17.7. The Labute approximate surface area is 143 Å². The molecule has 24 heavy (non-hydrogen) atoms. The zero-order valence-electron chi connectivity index (χ0n) is 14.9. The second kappa shape index (κ2) is 7.33. The number of carbonyl (C=O) groups is 1. The SMILES string of the molecule is CN(C)c1ccc(NC(=O)N[C@H](Cn2ccnc2)C(C)(C)C)cn1. The third-order valence-corrected chi connectivity index (χ3v) is 3.77. The highest BCUT2D eigenvalue weighted by atomic mass is 16.2. The van der Waals surface area contributed by atoms with Gasteiger partial charge in [0.05, 0.1) is 24.3 Å². The van der Waals surface area contributed by atoms with Crippen molar-refractivity contribution in [3.05, 3.63) is 37.1 Å². The van der Waals surface area contributed by atoms with Crippen LogP contribution in [0.15, 0.2) is 37.1 Å². The Hall–Kier alpha value is -2.57. The second-order valence-electron chi connectivity index (χ2n) is 7.08. The Morgan fingerprint density at radius 1 is 1.33 bits per heavy atom. The lowest BCUT2D eigenvalue weighted by Gasteiger charge is -2.31. The van der Waals surface area contributed by atoms with Gasteiger partial charge in [0.25, 0.3) is 0 Å². The molecule has 0 aliphatic rings. The highest BCUT2D eigenvalue weighted by Crippen LogP contribution is 2.21. The van der Waals surface area contributed by atoms with Crippen LogP contribution in [0.1, 0.15) is 20.8 Å². The third kappa shape index (κ3) is 4.97. The van der Waals surface area contributed by atoms with Crippen molar-refractivity contribution < 1.29 is 4.79 Å². The van der Waals surface area contributed by atoms with Gasteiger partial charge in [-0.05, 0) is 17.5 Å². The topological polar surface area (TPSA) is 75.1 Å². The minimum Gasteiger partial charge on any atom is -0.363 e. The van der Waals surface area contributed by atoms with Crippen molar-refractivity contribution in [3.8, 4) is 0 Å². The Morgan fingerprint density at radius 2 is 2.08 bits per heavy atom. The highest BCUT2D eigenvalue weighted by Gasteiger charge is 2.26. The molecular weight excluding hydrogens is 304 g/mol. The predicted molar refractivity (Wildman–Crippen MR) is 96.2 cm³/mol. The number of carbonyl (C=O) groups excluding carboxylic acids is 1. The highest BCUT2D eigenvalue weighted by molar-refractivity contribution is 5.89. The number of amides is 2. The summed E-state index contributed by atoms with van der Waals surface area (Å²) in [6, 6.07) is 3.42. The molecule has 0 saturated heterocycles. The molecular formula is C17H26N6O. The summed E-state index contributed by atoms with van der Waals surface area (Å²) >= 11 is 0. The number of hydrogen-bond acceptors (Lipinski definition) is 4. The molecule has 2 aromatic rings. The van der Waals surface area contributed by atoms with E-state index in [1.54, 1.807) is 18.7 Å². The lowest BCUT2D eigenvalue weighted by molar-refractivity contribution is 0.218. The lowest BCUT2D eigenvalue weighted by Crippen LogP contribution is -2.47. The molecule has 0 aliphatic carbocycles. The quantitative estimate of drug-likeness (QED) is 0.883. The molecule has 2 heterocycles. The number of imidazole rings is 1. The van der Waals surface area contributed by atoms with Gasteiger partial charge in [0.1, 0.15) is 5.82 Å². The summed E-state index contributed by atoms with van der Waals surface area (Å²) in [7, 11) is 3.85. The predicted octanol–water partition coefficient (Wildman–Crippen LogP) is 2.58. The summed E-state index contributed by atoms with van der Waals surface area (Å²) in [4.78, 5) is 22.6. The van der Waals surface area contributed by atoms with Gasteiger partial charge < -0.3 is 20.1 Å². The van der Waals surface area contributed by atoms with Gasteiger partial charge in [0.2, 0.25) is 0 Å². The molecule has 0 saturated carbocycles. The molecule has 2 amide bonds. The first-order chi connectivity index (χ1) is 11.3. The molecule has 130 valence electrons. The van der Waals surface area contributed by atoms with Crippen LogP contribution in [0.2, 0.25) is 0 Å². The fourth-order valence-electron chi connectivity index (χ4n) is 2.19. The molecule has 0 unspecified atom stereocenters. The molecule has 7 heteroatoms. The number of pyridine rings is 1. The van der Waals surface area contributed by atoms with Crippen LogP contribution in [-0.2, 0) is 6.54 Å². The molecule has 0 fully saturated rings. The summed E-state index contributed by atoms with van der Waals surface area (Å²) in [5, 5.41) is 5.88. The minimum absolute atomic E-state index is 0.0410. The normalized spacial score (nSPS) is 12.5. The van der Waals surface area contributed by atoms with Crippen molar-refractivity contribution in [2.75, 3.05) is 24.3 Å². The van der Waals surface area contributed by atoms with Gasteiger partial charge >= 0.3 is 6.03 Å². The summed E-state index contributed by atoms with van der Waals surface area (Å²) in [5.41, 5.74) is 0.572. The molecule has 7 nitrogen and oxygen atoms in total. The van der Waals surface area contributed by atoms with E-state index in [0.29, 0.717) is 12.2 Å². The van der Waals surface area contributed by atoms with E-state index in [-0.39, 0.29) is 17.5 Å². The van der Waals surface area contributed by atoms with Crippen LogP contribution >= 0.6 is 0 Å². The second-order valence-corrected chi connectivity index (χ2v) is 7.08. The monoisotopic (exact) mass is 330 g/mol. The van der Waals surface area contributed by atoms with Gasteiger partial charge in [-0.3, -0.25) is 0 Å². The number of aromatic nitrogens is 3. The van der Waals surface area contributed by atoms with Crippen molar-refractivity contribution in [1.29, 1.82) is 0 Å². The van der Waals surface area contributed by atoms with Crippen molar-refractivity contribution in [3.63, 3.8) is 0 Å². The maximum absolute atomic E-state index is 12.3. The minimum atomic E-state index is -0.241. The van der Waals surface area contributed by atoms with E-state index in [9.17, 15) is 4.79 Å². The van der Waals surface area contributed by atoms with Gasteiger partial charge in [0.15, 0.2) is 0 Å². The number of anilines is 2. The van der Waals surface area contributed by atoms with Gasteiger partial charge in [-0.15, -0.1) is 0 Å². The van der Waals surface area contributed by atoms with Gasteiger partial charge in [0, 0.05) is 33.0 Å². The number of nitrogens with one attached hydrogen (secondary N) is 2. The Balaban J connectivity index is 1.99. The molecule has 2 aromatic heterocycles. The molecule has 2 N–H and O–H groups in total. The van der Waals surface area contributed by atoms with Crippen LogP contribution < -0.4 is 15.5 Å². The van der Waals surface area contributed by atoms with Crippen molar-refractivity contribution in [1.82, 2.24) is 19.9 Å². The first kappa shape index (κ1) is 17.8. The van der Waals surface area contributed by atoms with Crippen LogP contribution in [0.25, 0.3) is 0 Å². The molecule has 0 radical (unpaired) electrons. The van der Waals surface area contributed by atoms with Gasteiger partial charge in [-0.1, -0.05) is 20.8 Å². The number of nitrogens with zero attached hydrogens (tertiary/aromatic N) is 4.